The molecule has 0 atom stereocenters. The minimum Gasteiger partial charge on any atom is -0.497 e. The van der Waals surface area contributed by atoms with Gasteiger partial charge in [-0.15, -0.1) is 0 Å². The maximum absolute atomic E-state index is 12.9. The van der Waals surface area contributed by atoms with Crippen LogP contribution in [0.5, 0.6) is 11.5 Å². The van der Waals surface area contributed by atoms with Gasteiger partial charge in [0.1, 0.15) is 17.2 Å². The maximum atomic E-state index is 12.9. The third-order valence-electron chi connectivity index (χ3n) is 4.50. The number of fused-ring (bicyclic) bond motifs is 1. The highest BCUT2D eigenvalue weighted by atomic mass is 16.5. The van der Waals surface area contributed by atoms with Gasteiger partial charge in [0.25, 0.3) is 11.8 Å². The Kier molecular flexibility index (Phi) is 6.14. The molecule has 0 aliphatic heterocycles. The van der Waals surface area contributed by atoms with Crippen molar-refractivity contribution in [1.29, 1.82) is 0 Å². The van der Waals surface area contributed by atoms with Crippen molar-refractivity contribution in [2.45, 2.75) is 0 Å². The summed E-state index contributed by atoms with van der Waals surface area (Å²) >= 11 is 0. The molecule has 2 N–H and O–H groups in total. The summed E-state index contributed by atoms with van der Waals surface area (Å²) < 4.78 is 10.5. The summed E-state index contributed by atoms with van der Waals surface area (Å²) in [6.45, 7) is 0. The molecule has 0 bridgehead atoms. The van der Waals surface area contributed by atoms with Crippen molar-refractivity contribution >= 4 is 28.7 Å². The predicted octanol–water partition coefficient (Wildman–Crippen LogP) is 3.37. The number of ether oxygens (including phenoxy) is 2. The van der Waals surface area contributed by atoms with E-state index in [4.69, 9.17) is 9.47 Å². The van der Waals surface area contributed by atoms with Gasteiger partial charge in [0.05, 0.1) is 19.8 Å². The first-order valence-electron chi connectivity index (χ1n) is 9.02. The van der Waals surface area contributed by atoms with Crippen molar-refractivity contribution in [2.24, 2.45) is 0 Å². The first kappa shape index (κ1) is 19.9. The molecule has 3 rings (SSSR count). The number of likely N-dealkylation sites (N-methyl/N-ethyl adjacent to an activating group) is 1. The normalized spacial score (nSPS) is 11.1. The van der Waals surface area contributed by atoms with Gasteiger partial charge in [-0.05, 0) is 34.5 Å². The minimum atomic E-state index is -0.459. The highest BCUT2D eigenvalue weighted by Gasteiger charge is 2.18. The van der Waals surface area contributed by atoms with Crippen LogP contribution in [0.25, 0.3) is 16.8 Å². The van der Waals surface area contributed by atoms with E-state index in [0.717, 1.165) is 16.3 Å². The molecular formula is C23H22N2O4. The summed E-state index contributed by atoms with van der Waals surface area (Å²) in [5.74, 6) is 0.0536. The van der Waals surface area contributed by atoms with Crippen LogP contribution >= 0.6 is 0 Å². The van der Waals surface area contributed by atoms with Crippen LogP contribution in [0.3, 0.4) is 0 Å². The van der Waals surface area contributed by atoms with Crippen molar-refractivity contribution in [3.8, 4) is 11.5 Å². The van der Waals surface area contributed by atoms with E-state index in [2.05, 4.69) is 10.6 Å². The van der Waals surface area contributed by atoms with E-state index < -0.39 is 11.8 Å². The minimum absolute atomic E-state index is 0.131. The van der Waals surface area contributed by atoms with Gasteiger partial charge < -0.3 is 20.1 Å². The van der Waals surface area contributed by atoms with Gasteiger partial charge in [0, 0.05) is 13.1 Å². The lowest BCUT2D eigenvalue weighted by Gasteiger charge is -2.13. The molecule has 3 aromatic carbocycles. The quantitative estimate of drug-likeness (QED) is 0.633. The zero-order valence-corrected chi connectivity index (χ0v) is 16.5. The van der Waals surface area contributed by atoms with Crippen LogP contribution < -0.4 is 20.1 Å². The Bertz CT molecular complexity index is 1080. The van der Waals surface area contributed by atoms with Crippen molar-refractivity contribution in [2.75, 3.05) is 21.3 Å². The molecule has 6 nitrogen and oxygen atoms in total. The largest absolute Gasteiger partial charge is 0.497 e. The monoisotopic (exact) mass is 390 g/mol. The second-order valence-corrected chi connectivity index (χ2v) is 6.23. The zero-order chi connectivity index (χ0) is 20.8. The van der Waals surface area contributed by atoms with Crippen LogP contribution in [0, 0.1) is 0 Å². The molecule has 0 spiro atoms. The molecule has 0 aliphatic rings. The maximum Gasteiger partial charge on any atom is 0.267 e. The fraction of sp³-hybridized carbons (Fsp3) is 0.130. The molecule has 29 heavy (non-hydrogen) atoms. The van der Waals surface area contributed by atoms with Crippen molar-refractivity contribution in [1.82, 2.24) is 10.6 Å². The Morgan fingerprint density at radius 3 is 2.41 bits per heavy atom. The summed E-state index contributed by atoms with van der Waals surface area (Å²) in [5, 5.41) is 7.28. The number of methoxy groups -OCH3 is 2. The zero-order valence-electron chi connectivity index (χ0n) is 16.5. The predicted molar refractivity (Wildman–Crippen MR) is 113 cm³/mol. The second kappa shape index (κ2) is 8.93. The van der Waals surface area contributed by atoms with Gasteiger partial charge >= 0.3 is 0 Å². The van der Waals surface area contributed by atoms with E-state index in [1.807, 2.05) is 42.5 Å². The molecule has 0 saturated carbocycles. The van der Waals surface area contributed by atoms with Crippen molar-refractivity contribution in [3.63, 3.8) is 0 Å². The molecule has 2 amide bonds. The first-order valence-corrected chi connectivity index (χ1v) is 9.02. The van der Waals surface area contributed by atoms with Gasteiger partial charge in [-0.1, -0.05) is 42.5 Å². The summed E-state index contributed by atoms with van der Waals surface area (Å²) in [6, 6.07) is 18.5. The highest BCUT2D eigenvalue weighted by Crippen LogP contribution is 2.25. The molecule has 0 unspecified atom stereocenters. The summed E-state index contributed by atoms with van der Waals surface area (Å²) in [6.07, 6.45) is 1.66. The molecule has 0 heterocycles. The molecule has 0 saturated heterocycles. The molecule has 3 aromatic rings. The number of carbonyl (C=O) groups excluding carboxylic acids is 2. The summed E-state index contributed by atoms with van der Waals surface area (Å²) in [5.41, 5.74) is 1.25. The Balaban J connectivity index is 1.99. The van der Waals surface area contributed by atoms with E-state index in [1.54, 1.807) is 24.3 Å². The number of carbonyl (C=O) groups is 2. The van der Waals surface area contributed by atoms with E-state index in [0.29, 0.717) is 17.1 Å². The van der Waals surface area contributed by atoms with Crippen LogP contribution in [0.1, 0.15) is 15.9 Å². The molecule has 0 aliphatic carbocycles. The van der Waals surface area contributed by atoms with Crippen LogP contribution in [0.2, 0.25) is 0 Å². The molecule has 0 radical (unpaired) electrons. The third-order valence-corrected chi connectivity index (χ3v) is 4.50. The molecule has 6 heteroatoms. The van der Waals surface area contributed by atoms with Gasteiger partial charge in [-0.25, -0.2) is 0 Å². The summed E-state index contributed by atoms with van der Waals surface area (Å²) in [7, 11) is 4.52. The SMILES string of the molecule is CNC(=O)/C(=C/c1cccc2ccccc12)NC(=O)c1ccc(OC)cc1OC. The van der Waals surface area contributed by atoms with Crippen molar-refractivity contribution in [3.05, 3.63) is 77.5 Å². The number of hydrogen-bond donors (Lipinski definition) is 2. The van der Waals surface area contributed by atoms with E-state index >= 15 is 0 Å². The number of amides is 2. The first-order chi connectivity index (χ1) is 14.1. The Morgan fingerprint density at radius 1 is 0.931 bits per heavy atom. The van der Waals surface area contributed by atoms with Crippen LogP contribution in [-0.2, 0) is 4.79 Å². The van der Waals surface area contributed by atoms with Crippen LogP contribution in [-0.4, -0.2) is 33.1 Å². The highest BCUT2D eigenvalue weighted by molar-refractivity contribution is 6.07. The summed E-state index contributed by atoms with van der Waals surface area (Å²) in [4.78, 5) is 25.3. The number of benzene rings is 3. The lowest BCUT2D eigenvalue weighted by Crippen LogP contribution is -2.33. The van der Waals surface area contributed by atoms with Gasteiger partial charge in [0.2, 0.25) is 0 Å². The molecular weight excluding hydrogens is 368 g/mol. The number of nitrogens with one attached hydrogen (secondary N) is 2. The number of rotatable bonds is 6. The van der Waals surface area contributed by atoms with E-state index in [-0.39, 0.29) is 5.70 Å². The van der Waals surface area contributed by atoms with Crippen LogP contribution in [0.4, 0.5) is 0 Å². The lowest BCUT2D eigenvalue weighted by atomic mass is 10.0. The smallest absolute Gasteiger partial charge is 0.267 e. The van der Waals surface area contributed by atoms with Gasteiger partial charge in [0.15, 0.2) is 0 Å². The fourth-order valence-corrected chi connectivity index (χ4v) is 3.00. The van der Waals surface area contributed by atoms with E-state index in [1.165, 1.54) is 21.3 Å². The topological polar surface area (TPSA) is 76.7 Å². The van der Waals surface area contributed by atoms with E-state index in [9.17, 15) is 9.59 Å². The standard InChI is InChI=1S/C23H22N2O4/c1-24-23(27)20(13-16-9-6-8-15-7-4-5-10-18(15)16)25-22(26)19-12-11-17(28-2)14-21(19)29-3/h4-14H,1-3H3,(H,24,27)(H,25,26)/b20-13-. The molecule has 0 fully saturated rings. The Morgan fingerprint density at radius 2 is 1.69 bits per heavy atom. The average Bonchev–Trinajstić information content (AvgIpc) is 2.77. The van der Waals surface area contributed by atoms with Crippen molar-refractivity contribution < 1.29 is 19.1 Å². The fourth-order valence-electron chi connectivity index (χ4n) is 3.00. The van der Waals surface area contributed by atoms with Gasteiger partial charge in [-0.3, -0.25) is 9.59 Å². The third kappa shape index (κ3) is 4.38. The Hall–Kier alpha value is -3.80. The molecule has 0 aromatic heterocycles. The molecule has 148 valence electrons. The van der Waals surface area contributed by atoms with Gasteiger partial charge in [-0.2, -0.15) is 0 Å². The average molecular weight is 390 g/mol. The second-order valence-electron chi connectivity index (χ2n) is 6.23. The number of hydrogen-bond acceptors (Lipinski definition) is 4. The van der Waals surface area contributed by atoms with Crippen LogP contribution in [0.15, 0.2) is 66.4 Å². The Labute approximate surface area is 169 Å². The lowest BCUT2D eigenvalue weighted by molar-refractivity contribution is -0.117.